The number of nitrogens with zero attached hydrogens (tertiary/aromatic N) is 2. The van der Waals surface area contributed by atoms with Gasteiger partial charge in [0, 0.05) is 10.8 Å². The van der Waals surface area contributed by atoms with Gasteiger partial charge in [0.2, 0.25) is 23.6 Å². The average Bonchev–Trinajstić information content (AvgIpc) is 3.82. The molecule has 6 aliphatic rings. The van der Waals surface area contributed by atoms with Crippen molar-refractivity contribution in [1.82, 2.24) is 0 Å². The first-order valence-electron chi connectivity index (χ1n) is 15.3. The molecule has 2 saturated heterocycles. The lowest BCUT2D eigenvalue weighted by Crippen LogP contribution is -2.35. The van der Waals surface area contributed by atoms with Crippen molar-refractivity contribution in [1.29, 1.82) is 0 Å². The van der Waals surface area contributed by atoms with Gasteiger partial charge in [-0.2, -0.15) is 0 Å². The summed E-state index contributed by atoms with van der Waals surface area (Å²) in [6, 6.07) is 15.3. The number of imide groups is 2. The molecule has 4 aliphatic carbocycles. The van der Waals surface area contributed by atoms with E-state index in [0.29, 0.717) is 30.6 Å². The number of carbonyl (C=O) groups is 4. The number of fused-ring (bicyclic) bond motifs is 10. The first-order valence-corrected chi connectivity index (χ1v) is 15.3. The van der Waals surface area contributed by atoms with Gasteiger partial charge < -0.3 is 0 Å². The molecule has 8 atom stereocenters. The fourth-order valence-corrected chi connectivity index (χ4v) is 9.55. The molecule has 2 aromatic rings. The van der Waals surface area contributed by atoms with E-state index in [1.807, 2.05) is 60.7 Å². The number of hydrogen-bond donors (Lipinski definition) is 0. The predicted molar refractivity (Wildman–Crippen MR) is 164 cm³/mol. The van der Waals surface area contributed by atoms with Crippen LogP contribution in [0.15, 0.2) is 98.1 Å². The van der Waals surface area contributed by atoms with Crippen LogP contribution in [0.2, 0.25) is 0 Å². The van der Waals surface area contributed by atoms with Crippen LogP contribution >= 0.6 is 0 Å². The maximum absolute atomic E-state index is 13.6. The Hall–Kier alpha value is -4.32. The fourth-order valence-electron chi connectivity index (χ4n) is 9.55. The molecule has 0 N–H and O–H groups in total. The number of carbonyl (C=O) groups excluding carboxylic acids is 4. The first kappa shape index (κ1) is 26.3. The molecule has 4 bridgehead atoms. The molecule has 216 valence electrons. The Morgan fingerprint density at radius 1 is 0.628 bits per heavy atom. The van der Waals surface area contributed by atoms with E-state index in [0.717, 1.165) is 24.0 Å². The summed E-state index contributed by atoms with van der Waals surface area (Å²) in [6.07, 6.45) is 16.0. The maximum Gasteiger partial charge on any atom is 0.238 e. The van der Waals surface area contributed by atoms with Crippen LogP contribution in [0.1, 0.15) is 36.8 Å². The lowest BCUT2D eigenvalue weighted by atomic mass is 9.72. The van der Waals surface area contributed by atoms with E-state index < -0.39 is 0 Å². The summed E-state index contributed by atoms with van der Waals surface area (Å²) in [5.41, 5.74) is 2.75. The van der Waals surface area contributed by atoms with Crippen LogP contribution in [0.4, 0.5) is 11.4 Å². The lowest BCUT2D eigenvalue weighted by molar-refractivity contribution is -0.125. The third-order valence-corrected chi connectivity index (χ3v) is 11.3. The summed E-state index contributed by atoms with van der Waals surface area (Å²) in [5, 5.41) is 0. The molecule has 6 heteroatoms. The van der Waals surface area contributed by atoms with Crippen molar-refractivity contribution in [3.05, 3.63) is 109 Å². The average molecular weight is 571 g/mol. The lowest BCUT2D eigenvalue weighted by Gasteiger charge is -2.29. The number of rotatable bonds is 8. The quantitative estimate of drug-likeness (QED) is 0.297. The van der Waals surface area contributed by atoms with E-state index in [-0.39, 0.29) is 70.0 Å². The van der Waals surface area contributed by atoms with E-state index in [9.17, 15) is 19.2 Å². The van der Waals surface area contributed by atoms with E-state index in [2.05, 4.69) is 37.5 Å². The van der Waals surface area contributed by atoms with Crippen LogP contribution in [-0.4, -0.2) is 23.6 Å². The Morgan fingerprint density at radius 2 is 1.02 bits per heavy atom. The molecular formula is C37H34N2O4. The van der Waals surface area contributed by atoms with Crippen LogP contribution in [0, 0.1) is 46.3 Å². The highest BCUT2D eigenvalue weighted by molar-refractivity contribution is 6.24. The number of amides is 4. The van der Waals surface area contributed by atoms with Gasteiger partial charge in [-0.05, 0) is 79.3 Å². The minimum Gasteiger partial charge on any atom is -0.274 e. The number of hydrogen-bond acceptors (Lipinski definition) is 4. The van der Waals surface area contributed by atoms with Gasteiger partial charge in [-0.25, -0.2) is 0 Å². The summed E-state index contributed by atoms with van der Waals surface area (Å²) in [7, 11) is 0. The van der Waals surface area contributed by atoms with Crippen LogP contribution in [0.3, 0.4) is 0 Å². The molecule has 0 aromatic heterocycles. The van der Waals surface area contributed by atoms with Crippen molar-refractivity contribution < 1.29 is 19.2 Å². The van der Waals surface area contributed by atoms with E-state index >= 15 is 0 Å². The Kier molecular flexibility index (Phi) is 5.56. The van der Waals surface area contributed by atoms with Crippen molar-refractivity contribution >= 4 is 35.0 Å². The third-order valence-electron chi connectivity index (χ3n) is 11.3. The van der Waals surface area contributed by atoms with Crippen LogP contribution in [0.5, 0.6) is 0 Å². The molecule has 0 radical (unpaired) electrons. The third kappa shape index (κ3) is 3.46. The second-order valence-electron chi connectivity index (χ2n) is 13.4. The molecule has 0 unspecified atom stereocenters. The van der Waals surface area contributed by atoms with Crippen molar-refractivity contribution in [2.45, 2.75) is 32.1 Å². The number of anilines is 2. The highest BCUT2D eigenvalue weighted by atomic mass is 16.2. The Labute approximate surface area is 251 Å². The van der Waals surface area contributed by atoms with Crippen molar-refractivity contribution in [2.24, 2.45) is 46.3 Å². The Morgan fingerprint density at radius 3 is 1.40 bits per heavy atom. The smallest absolute Gasteiger partial charge is 0.238 e. The zero-order valence-electron chi connectivity index (χ0n) is 24.0. The molecule has 2 saturated carbocycles. The van der Waals surface area contributed by atoms with Crippen molar-refractivity contribution in [3.63, 3.8) is 0 Å². The number of allylic oxidation sites excluding steroid dienone is 6. The van der Waals surface area contributed by atoms with Gasteiger partial charge in [-0.1, -0.05) is 60.7 Å². The second-order valence-corrected chi connectivity index (χ2v) is 13.4. The summed E-state index contributed by atoms with van der Waals surface area (Å²) >= 11 is 0. The normalized spacial score (nSPS) is 36.3. The Bertz CT molecular complexity index is 1550. The first-order chi connectivity index (χ1) is 20.8. The zero-order valence-corrected chi connectivity index (χ0v) is 24.0. The zero-order chi connectivity index (χ0) is 29.7. The van der Waals surface area contributed by atoms with Crippen molar-refractivity contribution in [2.75, 3.05) is 9.80 Å². The molecule has 4 amide bonds. The Balaban J connectivity index is 0.971. The van der Waals surface area contributed by atoms with Gasteiger partial charge in [0.1, 0.15) is 0 Å². The molecule has 6 nitrogen and oxygen atoms in total. The molecule has 2 heterocycles. The van der Waals surface area contributed by atoms with Gasteiger partial charge >= 0.3 is 0 Å². The molecule has 2 aliphatic heterocycles. The molecular weight excluding hydrogens is 536 g/mol. The van der Waals surface area contributed by atoms with E-state index in [1.54, 1.807) is 0 Å². The van der Waals surface area contributed by atoms with Crippen LogP contribution in [-0.2, 0) is 25.6 Å². The highest BCUT2D eigenvalue weighted by Gasteiger charge is 2.66. The summed E-state index contributed by atoms with van der Waals surface area (Å²) < 4.78 is 0. The largest absolute Gasteiger partial charge is 0.274 e. The van der Waals surface area contributed by atoms with E-state index in [1.165, 1.54) is 9.80 Å². The van der Waals surface area contributed by atoms with Gasteiger partial charge in [0.25, 0.3) is 0 Å². The molecule has 8 rings (SSSR count). The predicted octanol–water partition coefficient (Wildman–Crippen LogP) is 5.79. The molecule has 2 aromatic carbocycles. The van der Waals surface area contributed by atoms with Gasteiger partial charge in [-0.3, -0.25) is 29.0 Å². The molecule has 43 heavy (non-hydrogen) atoms. The summed E-state index contributed by atoms with van der Waals surface area (Å²) in [5.74, 6) is -1.28. The topological polar surface area (TPSA) is 74.8 Å². The van der Waals surface area contributed by atoms with E-state index in [4.69, 9.17) is 0 Å². The van der Waals surface area contributed by atoms with Gasteiger partial charge in [0.05, 0.1) is 35.0 Å². The standard InChI is InChI=1S/C37H34N2O4/c1-3-15-36-17-13-24(20-36)28-30(36)34(42)38(32(28)40)26-9-5-22(6-10-26)19-23-7-11-27(12-8-23)39-33(41)29-25-14-18-37(21-25,16-4-2)31(29)35(39)43/h3-14,17-18,24-25,28-31H,1-2,15-16,19-21H2/t24-,25-,28-,29-,30-,31-,36+,37+/m1/s1. The number of benzene rings is 2. The minimum atomic E-state index is -0.306. The molecule has 0 spiro atoms. The minimum absolute atomic E-state index is 0.0898. The van der Waals surface area contributed by atoms with Crippen LogP contribution in [0.25, 0.3) is 0 Å². The summed E-state index contributed by atoms with van der Waals surface area (Å²) in [6.45, 7) is 7.79. The van der Waals surface area contributed by atoms with Crippen molar-refractivity contribution in [3.8, 4) is 0 Å². The fraction of sp³-hybridized carbons (Fsp3) is 0.351. The van der Waals surface area contributed by atoms with Gasteiger partial charge in [-0.15, -0.1) is 13.2 Å². The monoisotopic (exact) mass is 570 g/mol. The maximum atomic E-state index is 13.6. The highest BCUT2D eigenvalue weighted by Crippen LogP contribution is 2.63. The second kappa shape index (κ2) is 9.09. The SMILES string of the molecule is C=CC[C@]12C=C[C@H](C1)[C@H]1C(=O)N(c3ccc(Cc4ccc(N5C(=O)[C@@H]6[C@@H]7C=C[C@@](CC=C)(C7)[C@H]6C5=O)cc4)cc3)C(=O)[C@@H]12. The van der Waals surface area contributed by atoms with Gasteiger partial charge in [0.15, 0.2) is 0 Å². The molecule has 4 fully saturated rings. The summed E-state index contributed by atoms with van der Waals surface area (Å²) in [4.78, 5) is 56.8. The van der Waals surface area contributed by atoms with Crippen LogP contribution < -0.4 is 9.80 Å².